The van der Waals surface area contributed by atoms with Crippen LogP contribution in [0.25, 0.3) is 0 Å². The van der Waals surface area contributed by atoms with Gasteiger partial charge < -0.3 is 15.0 Å². The summed E-state index contributed by atoms with van der Waals surface area (Å²) in [6.07, 6.45) is 2.34. The van der Waals surface area contributed by atoms with Crippen molar-refractivity contribution in [2.75, 3.05) is 32.1 Å². The molecule has 0 aliphatic carbocycles. The molecule has 0 radical (unpaired) electrons. The molecule has 0 amide bonds. The zero-order chi connectivity index (χ0) is 12.3. The maximum Gasteiger partial charge on any atom is 0.142 e. The van der Waals surface area contributed by atoms with E-state index in [0.717, 1.165) is 18.8 Å². The van der Waals surface area contributed by atoms with Crippen molar-refractivity contribution in [3.05, 3.63) is 24.3 Å². The molecule has 3 heteroatoms. The first-order valence-corrected chi connectivity index (χ1v) is 6.25. The largest absolute Gasteiger partial charge is 0.495 e. The van der Waals surface area contributed by atoms with Crippen molar-refractivity contribution in [1.82, 2.24) is 5.32 Å². The first kappa shape index (κ1) is 12.2. The van der Waals surface area contributed by atoms with Crippen molar-refractivity contribution >= 4 is 5.69 Å². The van der Waals surface area contributed by atoms with Crippen molar-refractivity contribution in [3.63, 3.8) is 0 Å². The van der Waals surface area contributed by atoms with Crippen LogP contribution in [0.5, 0.6) is 5.75 Å². The summed E-state index contributed by atoms with van der Waals surface area (Å²) in [5.74, 6) is 0.973. The van der Waals surface area contributed by atoms with E-state index in [-0.39, 0.29) is 0 Å². The Bertz CT molecular complexity index is 370. The smallest absolute Gasteiger partial charge is 0.142 e. The van der Waals surface area contributed by atoms with Crippen LogP contribution >= 0.6 is 0 Å². The Kier molecular flexibility index (Phi) is 3.57. The number of hydrogen-bond donors (Lipinski definition) is 1. The number of nitrogens with zero attached hydrogens (tertiary/aromatic N) is 1. The van der Waals surface area contributed by atoms with E-state index in [1.54, 1.807) is 7.11 Å². The summed E-state index contributed by atoms with van der Waals surface area (Å²) in [5.41, 5.74) is 1.51. The van der Waals surface area contributed by atoms with Gasteiger partial charge in [0.2, 0.25) is 0 Å². The summed E-state index contributed by atoms with van der Waals surface area (Å²) in [4.78, 5) is 2.41. The molecule has 17 heavy (non-hydrogen) atoms. The molecular formula is C14H22N2O. The zero-order valence-corrected chi connectivity index (χ0v) is 11.0. The van der Waals surface area contributed by atoms with E-state index in [1.807, 2.05) is 12.1 Å². The highest BCUT2D eigenvalue weighted by molar-refractivity contribution is 5.58. The molecule has 1 aromatic carbocycles. The van der Waals surface area contributed by atoms with Gasteiger partial charge in [0.1, 0.15) is 5.75 Å². The topological polar surface area (TPSA) is 24.5 Å². The first-order valence-electron chi connectivity index (χ1n) is 6.25. The zero-order valence-electron chi connectivity index (χ0n) is 11.0. The summed E-state index contributed by atoms with van der Waals surface area (Å²) < 4.78 is 5.42. The average Bonchev–Trinajstić information content (AvgIpc) is 2.40. The second-order valence-electron chi connectivity index (χ2n) is 4.97. The third-order valence-electron chi connectivity index (χ3n) is 3.90. The number of methoxy groups -OCH3 is 1. The SMILES string of the molecule is CNC1(C)CCN(c2ccccc2OC)CC1. The number of anilines is 1. The highest BCUT2D eigenvalue weighted by atomic mass is 16.5. The Morgan fingerprint density at radius 2 is 1.88 bits per heavy atom. The molecule has 1 fully saturated rings. The Balaban J connectivity index is 2.10. The maximum atomic E-state index is 5.42. The molecule has 1 N–H and O–H groups in total. The molecule has 1 aliphatic rings. The third kappa shape index (κ3) is 2.55. The molecule has 1 heterocycles. The van der Waals surface area contributed by atoms with Crippen LogP contribution in [-0.4, -0.2) is 32.8 Å². The van der Waals surface area contributed by atoms with Crippen molar-refractivity contribution < 1.29 is 4.74 Å². The van der Waals surface area contributed by atoms with Crippen molar-refractivity contribution in [3.8, 4) is 5.75 Å². The van der Waals surface area contributed by atoms with Gasteiger partial charge >= 0.3 is 0 Å². The third-order valence-corrected chi connectivity index (χ3v) is 3.90. The second-order valence-corrected chi connectivity index (χ2v) is 4.97. The molecule has 0 unspecified atom stereocenters. The summed E-state index contributed by atoms with van der Waals surface area (Å²) in [5, 5.41) is 3.42. The predicted octanol–water partition coefficient (Wildman–Crippen LogP) is 2.27. The Labute approximate surface area is 104 Å². The van der Waals surface area contributed by atoms with Crippen molar-refractivity contribution in [1.29, 1.82) is 0 Å². The number of nitrogens with one attached hydrogen (secondary N) is 1. The quantitative estimate of drug-likeness (QED) is 0.868. The summed E-state index contributed by atoms with van der Waals surface area (Å²) >= 11 is 0. The van der Waals surface area contributed by atoms with Gasteiger partial charge in [-0.05, 0) is 38.9 Å². The van der Waals surface area contributed by atoms with Crippen LogP contribution in [0.2, 0.25) is 0 Å². The number of piperidine rings is 1. The first-order chi connectivity index (χ1) is 8.18. The summed E-state index contributed by atoms with van der Waals surface area (Å²) in [7, 11) is 3.79. The lowest BCUT2D eigenvalue weighted by Crippen LogP contribution is -2.50. The highest BCUT2D eigenvalue weighted by Gasteiger charge is 2.29. The number of benzene rings is 1. The highest BCUT2D eigenvalue weighted by Crippen LogP contribution is 2.32. The van der Waals surface area contributed by atoms with E-state index in [4.69, 9.17) is 4.74 Å². The molecule has 94 valence electrons. The van der Waals surface area contributed by atoms with Gasteiger partial charge in [-0.25, -0.2) is 0 Å². The molecule has 0 bridgehead atoms. The predicted molar refractivity (Wildman–Crippen MR) is 71.9 cm³/mol. The van der Waals surface area contributed by atoms with E-state index in [0.29, 0.717) is 5.54 Å². The lowest BCUT2D eigenvalue weighted by atomic mass is 9.89. The second kappa shape index (κ2) is 4.96. The molecule has 0 saturated carbocycles. The molecule has 0 spiro atoms. The normalized spacial score (nSPS) is 19.1. The van der Waals surface area contributed by atoms with E-state index in [1.165, 1.54) is 18.5 Å². The van der Waals surface area contributed by atoms with Crippen LogP contribution in [0.15, 0.2) is 24.3 Å². The molecule has 0 aromatic heterocycles. The number of ether oxygens (including phenoxy) is 1. The fourth-order valence-corrected chi connectivity index (χ4v) is 2.38. The molecule has 0 atom stereocenters. The minimum Gasteiger partial charge on any atom is -0.495 e. The fourth-order valence-electron chi connectivity index (χ4n) is 2.38. The van der Waals surface area contributed by atoms with Crippen LogP contribution in [0.3, 0.4) is 0 Å². The monoisotopic (exact) mass is 234 g/mol. The molecule has 3 nitrogen and oxygen atoms in total. The fraction of sp³-hybridized carbons (Fsp3) is 0.571. The number of hydrogen-bond acceptors (Lipinski definition) is 3. The van der Waals surface area contributed by atoms with E-state index >= 15 is 0 Å². The van der Waals surface area contributed by atoms with Gasteiger partial charge in [-0.1, -0.05) is 12.1 Å². The van der Waals surface area contributed by atoms with Gasteiger partial charge in [-0.2, -0.15) is 0 Å². The van der Waals surface area contributed by atoms with Crippen LogP contribution < -0.4 is 15.0 Å². The Hall–Kier alpha value is -1.22. The summed E-state index contributed by atoms with van der Waals surface area (Å²) in [6, 6.07) is 8.26. The van der Waals surface area contributed by atoms with Crippen LogP contribution in [0.1, 0.15) is 19.8 Å². The van der Waals surface area contributed by atoms with Gasteiger partial charge in [0.25, 0.3) is 0 Å². The standard InChI is InChI=1S/C14H22N2O/c1-14(15-2)8-10-16(11-9-14)12-6-4-5-7-13(12)17-3/h4-7,15H,8-11H2,1-3H3. The Morgan fingerprint density at radius 1 is 1.24 bits per heavy atom. The van der Waals surface area contributed by atoms with Crippen molar-refractivity contribution in [2.45, 2.75) is 25.3 Å². The Morgan fingerprint density at radius 3 is 2.47 bits per heavy atom. The average molecular weight is 234 g/mol. The minimum atomic E-state index is 0.290. The van der Waals surface area contributed by atoms with Gasteiger partial charge in [-0.15, -0.1) is 0 Å². The maximum absolute atomic E-state index is 5.42. The molecule has 1 aromatic rings. The molecule has 1 saturated heterocycles. The van der Waals surface area contributed by atoms with Crippen LogP contribution in [-0.2, 0) is 0 Å². The van der Waals surface area contributed by atoms with Crippen molar-refractivity contribution in [2.24, 2.45) is 0 Å². The number of para-hydroxylation sites is 2. The van der Waals surface area contributed by atoms with E-state index in [9.17, 15) is 0 Å². The van der Waals surface area contributed by atoms with E-state index in [2.05, 4.69) is 36.3 Å². The lowest BCUT2D eigenvalue weighted by Gasteiger charge is -2.40. The molecular weight excluding hydrogens is 212 g/mol. The number of rotatable bonds is 3. The van der Waals surface area contributed by atoms with Gasteiger partial charge in [0.15, 0.2) is 0 Å². The van der Waals surface area contributed by atoms with Gasteiger partial charge in [0, 0.05) is 18.6 Å². The lowest BCUT2D eigenvalue weighted by molar-refractivity contribution is 0.303. The van der Waals surface area contributed by atoms with Crippen LogP contribution in [0.4, 0.5) is 5.69 Å². The van der Waals surface area contributed by atoms with Gasteiger partial charge in [0.05, 0.1) is 12.8 Å². The van der Waals surface area contributed by atoms with Crippen LogP contribution in [0, 0.1) is 0 Å². The van der Waals surface area contributed by atoms with E-state index < -0.39 is 0 Å². The molecule has 2 rings (SSSR count). The van der Waals surface area contributed by atoms with Gasteiger partial charge in [-0.3, -0.25) is 0 Å². The summed E-state index contributed by atoms with van der Waals surface area (Å²) in [6.45, 7) is 4.46. The molecule has 1 aliphatic heterocycles. The minimum absolute atomic E-state index is 0.290.